The smallest absolute Gasteiger partial charge is 0.305 e. The number of carboxylic acids is 1. The Hall–Kier alpha value is -4.78. The van der Waals surface area contributed by atoms with Crippen LogP contribution < -0.4 is 21.5 Å². The predicted molar refractivity (Wildman–Crippen MR) is 132 cm³/mol. The number of hydrogen-bond donors (Lipinski definition) is 4. The molecule has 1 aliphatic heterocycles. The highest BCUT2D eigenvalue weighted by atomic mass is 35.5. The number of hydrogen-bond acceptors (Lipinski definition) is 9. The number of halogens is 2. The third kappa shape index (κ3) is 6.46. The highest BCUT2D eigenvalue weighted by molar-refractivity contribution is 6.31. The second kappa shape index (κ2) is 11.3. The quantitative estimate of drug-likeness (QED) is 0.260. The third-order valence-corrected chi connectivity index (χ3v) is 5.19. The van der Waals surface area contributed by atoms with Gasteiger partial charge in [-0.05, 0) is 24.3 Å². The first-order valence-corrected chi connectivity index (χ1v) is 10.8. The normalized spacial score (nSPS) is 12.4. The topological polar surface area (TPSA) is 191 Å². The molecule has 2 aromatic carbocycles. The summed E-state index contributed by atoms with van der Waals surface area (Å²) in [4.78, 5) is 52.4. The highest BCUT2D eigenvalue weighted by Crippen LogP contribution is 2.32. The van der Waals surface area contributed by atoms with Crippen LogP contribution in [0, 0.1) is 5.82 Å². The fourth-order valence-corrected chi connectivity index (χ4v) is 3.31. The van der Waals surface area contributed by atoms with Crippen LogP contribution in [0.4, 0.5) is 21.6 Å². The molecule has 0 aliphatic carbocycles. The van der Waals surface area contributed by atoms with Gasteiger partial charge >= 0.3 is 5.97 Å². The Kier molecular flexibility index (Phi) is 8.19. The summed E-state index contributed by atoms with van der Waals surface area (Å²) >= 11 is 5.79. The molecular weight excluding hydrogens is 511 g/mol. The first-order chi connectivity index (χ1) is 17.5. The summed E-state index contributed by atoms with van der Waals surface area (Å²) in [5, 5.41) is 11.7. The van der Waals surface area contributed by atoms with Gasteiger partial charge in [-0.3, -0.25) is 24.1 Å². The lowest BCUT2D eigenvalue weighted by Gasteiger charge is -2.12. The van der Waals surface area contributed by atoms with E-state index < -0.39 is 29.5 Å². The summed E-state index contributed by atoms with van der Waals surface area (Å²) in [5.74, 6) is -2.77. The highest BCUT2D eigenvalue weighted by Gasteiger charge is 2.23. The lowest BCUT2D eigenvalue weighted by atomic mass is 10.2. The van der Waals surface area contributed by atoms with Gasteiger partial charge in [-0.25, -0.2) is 14.4 Å². The molecule has 0 saturated heterocycles. The number of rotatable bonds is 7. The Morgan fingerprint density at radius 1 is 1.16 bits per heavy atom. The summed E-state index contributed by atoms with van der Waals surface area (Å²) in [6.07, 6.45) is 2.05. The molecule has 3 amide bonds. The summed E-state index contributed by atoms with van der Waals surface area (Å²) in [5.41, 5.74) is 12.5. The monoisotopic (exact) mass is 530 g/mol. The van der Waals surface area contributed by atoms with Crippen LogP contribution in [0.5, 0.6) is 5.75 Å². The molecule has 192 valence electrons. The molecule has 6 N–H and O–H groups in total. The standard InChI is InChI=1S/C16H13ClFN5O2.C7H7NO4/c1-25-13-6-12-8(5-11(13)19)15(23-16(22-12)14(20)24)21-7-2-3-10(18)9(17)4-7;9-5-1-2-6(10)8(5)4-3-7(11)12/h2-6H,19H2,1H3,(H2,20,24)(H,21,22,23);1-2H,3-4H2,(H,11,12). The minimum absolute atomic E-state index is 0.0556. The molecule has 0 bridgehead atoms. The van der Waals surface area contributed by atoms with Crippen LogP contribution in [-0.2, 0) is 14.4 Å². The number of carbonyl (C=O) groups excluding carboxylic acids is 3. The molecule has 4 rings (SSSR count). The lowest BCUT2D eigenvalue weighted by molar-refractivity contribution is -0.140. The fourth-order valence-electron chi connectivity index (χ4n) is 3.13. The first kappa shape index (κ1) is 26.8. The van der Waals surface area contributed by atoms with Crippen molar-refractivity contribution in [1.29, 1.82) is 0 Å². The van der Waals surface area contributed by atoms with Crippen molar-refractivity contribution in [1.82, 2.24) is 14.9 Å². The number of amides is 3. The molecule has 12 nitrogen and oxygen atoms in total. The van der Waals surface area contributed by atoms with Crippen molar-refractivity contribution in [2.45, 2.75) is 6.42 Å². The van der Waals surface area contributed by atoms with Gasteiger partial charge in [0.1, 0.15) is 17.4 Å². The minimum Gasteiger partial charge on any atom is -0.495 e. The van der Waals surface area contributed by atoms with E-state index in [1.807, 2.05) is 0 Å². The van der Waals surface area contributed by atoms with Gasteiger partial charge in [0, 0.05) is 35.8 Å². The van der Waals surface area contributed by atoms with Gasteiger partial charge < -0.3 is 26.6 Å². The number of anilines is 3. The van der Waals surface area contributed by atoms with Crippen molar-refractivity contribution >= 4 is 63.4 Å². The predicted octanol–water partition coefficient (Wildman–Crippen LogP) is 2.24. The summed E-state index contributed by atoms with van der Waals surface area (Å²) in [6.45, 7) is -0.0556. The number of carboxylic acid groups (broad SMARTS) is 1. The number of aromatic nitrogens is 2. The van der Waals surface area contributed by atoms with Gasteiger partial charge in [0.25, 0.3) is 17.7 Å². The number of nitrogen functional groups attached to an aromatic ring is 1. The fraction of sp³-hybridized carbons (Fsp3) is 0.130. The van der Waals surface area contributed by atoms with Gasteiger partial charge in [-0.15, -0.1) is 0 Å². The van der Waals surface area contributed by atoms with E-state index in [0.29, 0.717) is 28.0 Å². The number of fused-ring (bicyclic) bond motifs is 1. The molecule has 14 heteroatoms. The van der Waals surface area contributed by atoms with Crippen molar-refractivity contribution in [3.8, 4) is 5.75 Å². The van der Waals surface area contributed by atoms with E-state index in [4.69, 9.17) is 32.9 Å². The van der Waals surface area contributed by atoms with Crippen LogP contribution >= 0.6 is 11.6 Å². The molecule has 0 radical (unpaired) electrons. The number of benzene rings is 2. The maximum Gasteiger partial charge on any atom is 0.305 e. The minimum atomic E-state index is -1.03. The van der Waals surface area contributed by atoms with Gasteiger partial charge in [-0.2, -0.15) is 0 Å². The van der Waals surface area contributed by atoms with Crippen molar-refractivity contribution in [2.24, 2.45) is 5.73 Å². The zero-order chi connectivity index (χ0) is 27.3. The van der Waals surface area contributed by atoms with Gasteiger partial charge in [0.05, 0.1) is 29.8 Å². The second-order valence-corrected chi connectivity index (χ2v) is 7.84. The maximum absolute atomic E-state index is 13.3. The number of nitrogens with two attached hydrogens (primary N) is 2. The van der Waals surface area contributed by atoms with E-state index in [2.05, 4.69) is 15.3 Å². The molecule has 37 heavy (non-hydrogen) atoms. The Balaban J connectivity index is 0.000000266. The molecule has 3 aromatic rings. The van der Waals surface area contributed by atoms with Crippen LogP contribution in [-0.4, -0.2) is 57.3 Å². The molecule has 0 atom stereocenters. The SMILES string of the molecule is COc1cc2nc(C(N)=O)nc(Nc3ccc(F)c(Cl)c3)c2cc1N.O=C(O)CCN1C(=O)C=CC1=O. The van der Waals surface area contributed by atoms with Crippen LogP contribution in [0.25, 0.3) is 10.9 Å². The van der Waals surface area contributed by atoms with Crippen molar-refractivity contribution in [2.75, 3.05) is 24.7 Å². The van der Waals surface area contributed by atoms with Gasteiger partial charge in [0.15, 0.2) is 0 Å². The number of nitrogens with zero attached hydrogens (tertiary/aromatic N) is 3. The van der Waals surface area contributed by atoms with Crippen molar-refractivity contribution in [3.63, 3.8) is 0 Å². The molecule has 0 saturated carbocycles. The Labute approximate surface area is 213 Å². The summed E-state index contributed by atoms with van der Waals surface area (Å²) < 4.78 is 18.5. The maximum atomic E-state index is 13.3. The molecule has 0 unspecified atom stereocenters. The zero-order valence-electron chi connectivity index (χ0n) is 19.2. The average Bonchev–Trinajstić information content (AvgIpc) is 3.17. The van der Waals surface area contributed by atoms with Gasteiger partial charge in [-0.1, -0.05) is 11.6 Å². The zero-order valence-corrected chi connectivity index (χ0v) is 20.0. The van der Waals surface area contributed by atoms with E-state index in [-0.39, 0.29) is 29.6 Å². The Bertz CT molecular complexity index is 1430. The first-order valence-electron chi connectivity index (χ1n) is 10.4. The third-order valence-electron chi connectivity index (χ3n) is 4.90. The molecule has 0 spiro atoms. The van der Waals surface area contributed by atoms with Crippen LogP contribution in [0.2, 0.25) is 5.02 Å². The lowest BCUT2D eigenvalue weighted by Crippen LogP contribution is -2.31. The average molecular weight is 531 g/mol. The number of imide groups is 1. The molecule has 1 aromatic heterocycles. The Morgan fingerprint density at radius 2 is 1.84 bits per heavy atom. The number of methoxy groups -OCH3 is 1. The van der Waals surface area contributed by atoms with E-state index in [0.717, 1.165) is 17.1 Å². The van der Waals surface area contributed by atoms with Crippen LogP contribution in [0.3, 0.4) is 0 Å². The molecule has 2 heterocycles. The number of ether oxygens (including phenoxy) is 1. The van der Waals surface area contributed by atoms with E-state index in [1.165, 1.54) is 25.3 Å². The second-order valence-electron chi connectivity index (χ2n) is 7.43. The number of nitrogens with one attached hydrogen (secondary N) is 1. The molecule has 1 aliphatic rings. The van der Waals surface area contributed by atoms with E-state index in [9.17, 15) is 23.6 Å². The number of primary amides is 1. The number of aliphatic carboxylic acids is 1. The van der Waals surface area contributed by atoms with Crippen molar-refractivity contribution in [3.05, 3.63) is 59.1 Å². The van der Waals surface area contributed by atoms with Crippen molar-refractivity contribution < 1.29 is 33.4 Å². The van der Waals surface area contributed by atoms with Gasteiger partial charge in [0.2, 0.25) is 5.82 Å². The van der Waals surface area contributed by atoms with Crippen LogP contribution in [0.15, 0.2) is 42.5 Å². The van der Waals surface area contributed by atoms with Crippen LogP contribution in [0.1, 0.15) is 17.0 Å². The number of carbonyl (C=O) groups is 4. The molecule has 0 fully saturated rings. The van der Waals surface area contributed by atoms with E-state index >= 15 is 0 Å². The molecular formula is C23H20ClFN6O6. The van der Waals surface area contributed by atoms with E-state index in [1.54, 1.807) is 12.1 Å². The summed E-state index contributed by atoms with van der Waals surface area (Å²) in [7, 11) is 1.47. The Morgan fingerprint density at radius 3 is 2.41 bits per heavy atom. The summed E-state index contributed by atoms with van der Waals surface area (Å²) in [6, 6.07) is 7.25. The largest absolute Gasteiger partial charge is 0.495 e.